The molecular weight excluding hydrogens is 390 g/mol. The van der Waals surface area contributed by atoms with E-state index in [2.05, 4.69) is 20.8 Å². The van der Waals surface area contributed by atoms with Crippen molar-refractivity contribution in [1.82, 2.24) is 25.5 Å². The summed E-state index contributed by atoms with van der Waals surface area (Å²) in [5.74, 6) is 1.30. The second-order valence-electron chi connectivity index (χ2n) is 6.84. The van der Waals surface area contributed by atoms with Crippen LogP contribution in [0.4, 0.5) is 0 Å². The zero-order valence-corrected chi connectivity index (χ0v) is 17.3. The number of fused-ring (bicyclic) bond motifs is 1. The van der Waals surface area contributed by atoms with Gasteiger partial charge in [-0.05, 0) is 65.8 Å². The zero-order valence-electron chi connectivity index (χ0n) is 16.5. The summed E-state index contributed by atoms with van der Waals surface area (Å²) in [4.78, 5) is 14.3. The first kappa shape index (κ1) is 19.4. The third-order valence-electron chi connectivity index (χ3n) is 5.08. The van der Waals surface area contributed by atoms with Crippen molar-refractivity contribution in [2.45, 2.75) is 32.1 Å². The lowest BCUT2D eigenvalue weighted by atomic mass is 9.95. The van der Waals surface area contributed by atoms with Crippen LogP contribution in [0.2, 0.25) is 0 Å². The predicted octanol–water partition coefficient (Wildman–Crippen LogP) is 2.59. The molecule has 152 valence electrons. The molecule has 0 saturated carbocycles. The quantitative estimate of drug-likeness (QED) is 0.640. The van der Waals surface area contributed by atoms with E-state index in [0.717, 1.165) is 41.8 Å². The van der Waals surface area contributed by atoms with Crippen LogP contribution in [0.15, 0.2) is 24.5 Å². The topological polar surface area (TPSA) is 91.2 Å². The summed E-state index contributed by atoms with van der Waals surface area (Å²) in [5.41, 5.74) is 2.93. The van der Waals surface area contributed by atoms with Crippen molar-refractivity contribution in [3.05, 3.63) is 46.1 Å². The third kappa shape index (κ3) is 3.95. The molecule has 1 aliphatic carbocycles. The second kappa shape index (κ2) is 8.60. The van der Waals surface area contributed by atoms with E-state index in [4.69, 9.17) is 9.47 Å². The minimum atomic E-state index is -0.0737. The largest absolute Gasteiger partial charge is 0.493 e. The van der Waals surface area contributed by atoms with E-state index in [1.54, 1.807) is 30.2 Å². The first-order valence-corrected chi connectivity index (χ1v) is 10.4. The number of aryl methyl sites for hydroxylation is 1. The van der Waals surface area contributed by atoms with Crippen molar-refractivity contribution in [3.8, 4) is 16.5 Å². The highest BCUT2D eigenvalue weighted by molar-refractivity contribution is 7.15. The van der Waals surface area contributed by atoms with Crippen molar-refractivity contribution in [2.24, 2.45) is 0 Å². The first-order chi connectivity index (χ1) is 14.2. The van der Waals surface area contributed by atoms with Crippen LogP contribution in [-0.4, -0.2) is 46.9 Å². The Morgan fingerprint density at radius 3 is 2.79 bits per heavy atom. The Morgan fingerprint density at radius 2 is 2.03 bits per heavy atom. The summed E-state index contributed by atoms with van der Waals surface area (Å²) in [6.07, 6.45) is 6.42. The number of nitrogens with zero attached hydrogens (tertiary/aromatic N) is 4. The number of methoxy groups -OCH3 is 2. The maximum Gasteiger partial charge on any atom is 0.254 e. The molecule has 0 spiro atoms. The van der Waals surface area contributed by atoms with Crippen molar-refractivity contribution >= 4 is 17.2 Å². The molecule has 29 heavy (non-hydrogen) atoms. The molecule has 8 nitrogen and oxygen atoms in total. The average molecular weight is 414 g/mol. The lowest BCUT2D eigenvalue weighted by Gasteiger charge is -2.13. The molecule has 0 aliphatic heterocycles. The number of tetrazole rings is 1. The van der Waals surface area contributed by atoms with Crippen LogP contribution >= 0.6 is 11.3 Å². The number of ether oxygens (including phenoxy) is 2. The van der Waals surface area contributed by atoms with Crippen molar-refractivity contribution in [1.29, 1.82) is 0 Å². The van der Waals surface area contributed by atoms with Crippen molar-refractivity contribution < 1.29 is 14.3 Å². The van der Waals surface area contributed by atoms with Gasteiger partial charge in [0.25, 0.3) is 5.91 Å². The number of hydrogen-bond donors (Lipinski definition) is 1. The number of carbonyl (C=O) groups excluding carboxylic acids is 1. The number of thiophene rings is 1. The standard InChI is InChI=1S/C20H23N5O3S/c1-27-15-8-7-13(11-16(15)28-2)9-10-21-19(26)18-14-5-3-4-6-17(14)29-20(18)25-12-22-23-24-25/h7-8,11-12H,3-6,9-10H2,1-2H3,(H,21,26). The molecule has 0 fully saturated rings. The van der Waals surface area contributed by atoms with E-state index in [0.29, 0.717) is 30.0 Å². The van der Waals surface area contributed by atoms with Crippen molar-refractivity contribution in [3.63, 3.8) is 0 Å². The Bertz CT molecular complexity index is 1000. The predicted molar refractivity (Wildman–Crippen MR) is 109 cm³/mol. The molecule has 2 aromatic heterocycles. The summed E-state index contributed by atoms with van der Waals surface area (Å²) in [7, 11) is 3.23. The molecule has 1 amide bonds. The van der Waals surface area contributed by atoms with Gasteiger partial charge in [-0.15, -0.1) is 16.4 Å². The minimum absolute atomic E-state index is 0.0737. The molecule has 0 saturated heterocycles. The van der Waals surface area contributed by atoms with Gasteiger partial charge in [-0.1, -0.05) is 6.07 Å². The van der Waals surface area contributed by atoms with E-state index in [1.807, 2.05) is 18.2 Å². The summed E-state index contributed by atoms with van der Waals surface area (Å²) < 4.78 is 12.2. The number of nitrogens with one attached hydrogen (secondary N) is 1. The number of carbonyl (C=O) groups is 1. The molecule has 3 aromatic rings. The first-order valence-electron chi connectivity index (χ1n) is 9.58. The number of aromatic nitrogens is 4. The molecule has 1 aliphatic rings. The fourth-order valence-corrected chi connectivity index (χ4v) is 4.95. The van der Waals surface area contributed by atoms with Gasteiger partial charge in [-0.2, -0.15) is 4.68 Å². The molecule has 9 heteroatoms. The molecule has 0 bridgehead atoms. The summed E-state index contributed by atoms with van der Waals surface area (Å²) in [6.45, 7) is 0.522. The van der Waals surface area contributed by atoms with E-state index in [1.165, 1.54) is 11.2 Å². The Labute approximate surface area is 172 Å². The van der Waals surface area contributed by atoms with Crippen LogP contribution < -0.4 is 14.8 Å². The van der Waals surface area contributed by atoms with Gasteiger partial charge >= 0.3 is 0 Å². The molecule has 0 atom stereocenters. The molecule has 2 heterocycles. The maximum absolute atomic E-state index is 13.1. The lowest BCUT2D eigenvalue weighted by molar-refractivity contribution is 0.0953. The maximum atomic E-state index is 13.1. The SMILES string of the molecule is COc1ccc(CCNC(=O)c2c(-n3cnnn3)sc3c2CCCC3)cc1OC. The van der Waals surface area contributed by atoms with Gasteiger partial charge in [0.15, 0.2) is 11.5 Å². The lowest BCUT2D eigenvalue weighted by Crippen LogP contribution is -2.27. The van der Waals surface area contributed by atoms with Gasteiger partial charge in [0.2, 0.25) is 0 Å². The highest BCUT2D eigenvalue weighted by atomic mass is 32.1. The summed E-state index contributed by atoms with van der Waals surface area (Å²) >= 11 is 1.62. The van der Waals surface area contributed by atoms with E-state index >= 15 is 0 Å². The number of rotatable bonds is 7. The van der Waals surface area contributed by atoms with Gasteiger partial charge in [-0.3, -0.25) is 4.79 Å². The fourth-order valence-electron chi connectivity index (χ4n) is 3.65. The van der Waals surface area contributed by atoms with E-state index in [9.17, 15) is 4.79 Å². The summed E-state index contributed by atoms with van der Waals surface area (Å²) in [6, 6.07) is 5.79. The number of amides is 1. The Kier molecular flexibility index (Phi) is 5.75. The molecule has 4 rings (SSSR count). The fraction of sp³-hybridized carbons (Fsp3) is 0.400. The Hall–Kier alpha value is -2.94. The Morgan fingerprint density at radius 1 is 1.21 bits per heavy atom. The number of benzene rings is 1. The van der Waals surface area contributed by atoms with Crippen LogP contribution in [0.3, 0.4) is 0 Å². The van der Waals surface area contributed by atoms with Crippen LogP contribution in [0.1, 0.15) is 39.2 Å². The van der Waals surface area contributed by atoms with Gasteiger partial charge in [0.1, 0.15) is 11.3 Å². The van der Waals surface area contributed by atoms with Crippen LogP contribution in [0.25, 0.3) is 5.00 Å². The minimum Gasteiger partial charge on any atom is -0.493 e. The highest BCUT2D eigenvalue weighted by Crippen LogP contribution is 2.36. The van der Waals surface area contributed by atoms with Crippen LogP contribution in [-0.2, 0) is 19.3 Å². The molecule has 1 N–H and O–H groups in total. The molecular formula is C20H23N5O3S. The highest BCUT2D eigenvalue weighted by Gasteiger charge is 2.26. The van der Waals surface area contributed by atoms with Gasteiger partial charge in [0, 0.05) is 11.4 Å². The molecule has 0 radical (unpaired) electrons. The van der Waals surface area contributed by atoms with Crippen LogP contribution in [0, 0.1) is 0 Å². The normalized spacial score (nSPS) is 13.0. The monoisotopic (exact) mass is 413 g/mol. The average Bonchev–Trinajstić information content (AvgIpc) is 3.41. The smallest absolute Gasteiger partial charge is 0.254 e. The van der Waals surface area contributed by atoms with Gasteiger partial charge < -0.3 is 14.8 Å². The van der Waals surface area contributed by atoms with E-state index in [-0.39, 0.29) is 5.91 Å². The zero-order chi connectivity index (χ0) is 20.2. The molecule has 0 unspecified atom stereocenters. The summed E-state index contributed by atoms with van der Waals surface area (Å²) in [5, 5.41) is 15.3. The van der Waals surface area contributed by atoms with Gasteiger partial charge in [-0.25, -0.2) is 0 Å². The Balaban J connectivity index is 1.50. The van der Waals surface area contributed by atoms with Crippen molar-refractivity contribution in [2.75, 3.05) is 20.8 Å². The second-order valence-corrected chi connectivity index (χ2v) is 7.92. The van der Waals surface area contributed by atoms with E-state index < -0.39 is 0 Å². The number of hydrogen-bond acceptors (Lipinski definition) is 7. The van der Waals surface area contributed by atoms with Gasteiger partial charge in [0.05, 0.1) is 19.8 Å². The van der Waals surface area contributed by atoms with Crippen LogP contribution in [0.5, 0.6) is 11.5 Å². The molecule has 1 aromatic carbocycles. The third-order valence-corrected chi connectivity index (χ3v) is 6.37.